The molecule has 0 aliphatic rings. The molecule has 258 valence electrons. The zero-order valence-electron chi connectivity index (χ0n) is 28.6. The van der Waals surface area contributed by atoms with E-state index in [0.717, 1.165) is 38.5 Å². The predicted octanol–water partition coefficient (Wildman–Crippen LogP) is 7.59. The van der Waals surface area contributed by atoms with Crippen molar-refractivity contribution in [2.24, 2.45) is 0 Å². The SMILES string of the molecule is CCCCCCCCCCCCCCCCOCC(COP(=O)([O-])OCC[N+](C)(C)C)OCCCCCCC(=O)OCC. The van der Waals surface area contributed by atoms with Crippen LogP contribution in [0.5, 0.6) is 0 Å². The molecule has 0 aliphatic heterocycles. The summed E-state index contributed by atoms with van der Waals surface area (Å²) in [4.78, 5) is 23.7. The van der Waals surface area contributed by atoms with Gasteiger partial charge in [0.1, 0.15) is 19.3 Å². The lowest BCUT2D eigenvalue weighted by Crippen LogP contribution is -2.37. The Balaban J connectivity index is 4.14. The van der Waals surface area contributed by atoms with E-state index in [1.54, 1.807) is 0 Å². The molecule has 0 aromatic rings. The van der Waals surface area contributed by atoms with Gasteiger partial charge in [-0.3, -0.25) is 9.36 Å². The minimum Gasteiger partial charge on any atom is -0.756 e. The zero-order valence-corrected chi connectivity index (χ0v) is 29.5. The Morgan fingerprint density at radius 3 is 1.72 bits per heavy atom. The van der Waals surface area contributed by atoms with Crippen molar-refractivity contribution in [3.05, 3.63) is 0 Å². The Morgan fingerprint density at radius 1 is 0.674 bits per heavy atom. The van der Waals surface area contributed by atoms with Crippen molar-refractivity contribution in [2.75, 3.05) is 67.3 Å². The number of carbonyl (C=O) groups is 1. The fraction of sp³-hybridized carbons (Fsp3) is 0.970. The molecule has 0 aliphatic carbocycles. The zero-order chi connectivity index (χ0) is 32.1. The molecule has 0 rings (SSSR count). The Hall–Kier alpha value is -0.540. The Morgan fingerprint density at radius 2 is 1.19 bits per heavy atom. The second-order valence-corrected chi connectivity index (χ2v) is 14.1. The highest BCUT2D eigenvalue weighted by atomic mass is 31.2. The first kappa shape index (κ1) is 42.5. The van der Waals surface area contributed by atoms with Crippen LogP contribution in [-0.4, -0.2) is 83.9 Å². The van der Waals surface area contributed by atoms with Gasteiger partial charge in [0.2, 0.25) is 0 Å². The van der Waals surface area contributed by atoms with E-state index >= 15 is 0 Å². The number of quaternary nitrogens is 1. The Kier molecular flexibility index (Phi) is 28.5. The van der Waals surface area contributed by atoms with E-state index in [-0.39, 0.29) is 25.8 Å². The topological polar surface area (TPSA) is 103 Å². The van der Waals surface area contributed by atoms with E-state index < -0.39 is 13.9 Å². The van der Waals surface area contributed by atoms with Gasteiger partial charge in [0.25, 0.3) is 7.82 Å². The van der Waals surface area contributed by atoms with Gasteiger partial charge >= 0.3 is 5.97 Å². The number of rotatable bonds is 33. The maximum atomic E-state index is 12.2. The van der Waals surface area contributed by atoms with Crippen LogP contribution in [0.4, 0.5) is 0 Å². The molecule has 9 nitrogen and oxygen atoms in total. The molecule has 0 fully saturated rings. The van der Waals surface area contributed by atoms with Gasteiger partial charge in [-0.05, 0) is 26.2 Å². The number of unbranched alkanes of at least 4 members (excludes halogenated alkanes) is 16. The standard InChI is InChI=1S/C33H68NO8P/c1-6-8-9-10-11-12-13-14-15-16-17-18-20-23-27-38-30-32(31-42-43(36,37)41-29-26-34(3,4)5)40-28-24-21-19-22-25-33(35)39-7-2/h32H,6-31H2,1-5H3. The van der Waals surface area contributed by atoms with Crippen LogP contribution in [0.25, 0.3) is 0 Å². The second-order valence-electron chi connectivity index (χ2n) is 12.7. The number of likely N-dealkylation sites (N-methyl/N-ethyl adjacent to an activating group) is 1. The minimum atomic E-state index is -4.42. The first-order valence-corrected chi connectivity index (χ1v) is 18.8. The third-order valence-corrected chi connectivity index (χ3v) is 8.27. The number of ether oxygens (including phenoxy) is 3. The van der Waals surface area contributed by atoms with Crippen LogP contribution in [0.15, 0.2) is 0 Å². The minimum absolute atomic E-state index is 0.0667. The molecule has 0 aromatic carbocycles. The summed E-state index contributed by atoms with van der Waals surface area (Å²) in [7, 11) is 1.49. The highest BCUT2D eigenvalue weighted by Gasteiger charge is 2.18. The van der Waals surface area contributed by atoms with Crippen molar-refractivity contribution in [3.63, 3.8) is 0 Å². The van der Waals surface area contributed by atoms with Crippen LogP contribution < -0.4 is 4.89 Å². The molecule has 0 amide bonds. The number of hydrogen-bond donors (Lipinski definition) is 0. The smallest absolute Gasteiger partial charge is 0.305 e. The summed E-state index contributed by atoms with van der Waals surface area (Å²) >= 11 is 0. The second kappa shape index (κ2) is 28.9. The predicted molar refractivity (Wildman–Crippen MR) is 173 cm³/mol. The number of phosphoric ester groups is 1. The summed E-state index contributed by atoms with van der Waals surface area (Å²) in [6.07, 6.45) is 21.7. The molecule has 0 saturated heterocycles. The largest absolute Gasteiger partial charge is 0.756 e. The van der Waals surface area contributed by atoms with Crippen LogP contribution in [0.3, 0.4) is 0 Å². The fourth-order valence-corrected chi connectivity index (χ4v) is 5.33. The van der Waals surface area contributed by atoms with Crippen molar-refractivity contribution in [1.29, 1.82) is 0 Å². The highest BCUT2D eigenvalue weighted by Crippen LogP contribution is 2.38. The van der Waals surface area contributed by atoms with Gasteiger partial charge < -0.3 is 32.6 Å². The quantitative estimate of drug-likeness (QED) is 0.0314. The molecule has 0 spiro atoms. The van der Waals surface area contributed by atoms with Crippen molar-refractivity contribution >= 4 is 13.8 Å². The van der Waals surface area contributed by atoms with Gasteiger partial charge in [-0.2, -0.15) is 0 Å². The number of carbonyl (C=O) groups excluding carboxylic acids is 1. The van der Waals surface area contributed by atoms with Gasteiger partial charge in [0, 0.05) is 19.6 Å². The molecular weight excluding hydrogens is 569 g/mol. The molecule has 0 bridgehead atoms. The summed E-state index contributed by atoms with van der Waals surface area (Å²) < 4.78 is 39.7. The lowest BCUT2D eigenvalue weighted by molar-refractivity contribution is -0.870. The van der Waals surface area contributed by atoms with Crippen LogP contribution in [0, 0.1) is 0 Å². The molecule has 10 heteroatoms. The van der Waals surface area contributed by atoms with E-state index in [2.05, 4.69) is 6.92 Å². The van der Waals surface area contributed by atoms with Crippen molar-refractivity contribution in [2.45, 2.75) is 142 Å². The average Bonchev–Trinajstić information content (AvgIpc) is 2.94. The third kappa shape index (κ3) is 32.7. The molecule has 0 heterocycles. The maximum absolute atomic E-state index is 12.2. The number of phosphoric acid groups is 1. The molecule has 0 saturated carbocycles. The summed E-state index contributed by atoms with van der Waals surface area (Å²) in [6, 6.07) is 0. The van der Waals surface area contributed by atoms with Gasteiger partial charge in [-0.15, -0.1) is 0 Å². The normalized spacial score (nSPS) is 14.1. The summed E-state index contributed by atoms with van der Waals surface area (Å²) in [5, 5.41) is 0. The highest BCUT2D eigenvalue weighted by molar-refractivity contribution is 7.45. The Labute approximate surface area is 264 Å². The molecule has 0 aromatic heterocycles. The van der Waals surface area contributed by atoms with Crippen molar-refractivity contribution in [3.8, 4) is 0 Å². The Bertz CT molecular complexity index is 674. The van der Waals surface area contributed by atoms with Crippen molar-refractivity contribution < 1.29 is 42.0 Å². The molecule has 0 radical (unpaired) electrons. The first-order valence-electron chi connectivity index (χ1n) is 17.3. The number of nitrogens with zero attached hydrogens (tertiary/aromatic N) is 1. The molecule has 43 heavy (non-hydrogen) atoms. The van der Waals surface area contributed by atoms with Crippen LogP contribution in [0.1, 0.15) is 136 Å². The van der Waals surface area contributed by atoms with E-state index in [4.69, 9.17) is 23.3 Å². The van der Waals surface area contributed by atoms with E-state index in [9.17, 15) is 14.3 Å². The van der Waals surface area contributed by atoms with E-state index in [0.29, 0.717) is 37.3 Å². The molecule has 2 atom stereocenters. The van der Waals surface area contributed by atoms with Crippen LogP contribution in [0.2, 0.25) is 0 Å². The molecule has 2 unspecified atom stereocenters. The lowest BCUT2D eigenvalue weighted by atomic mass is 10.0. The van der Waals surface area contributed by atoms with E-state index in [1.165, 1.54) is 77.0 Å². The number of hydrogen-bond acceptors (Lipinski definition) is 8. The van der Waals surface area contributed by atoms with E-state index in [1.807, 2.05) is 28.1 Å². The first-order chi connectivity index (χ1) is 20.6. The van der Waals surface area contributed by atoms with Gasteiger partial charge in [0.05, 0.1) is 41.0 Å². The van der Waals surface area contributed by atoms with Gasteiger partial charge in [0.15, 0.2) is 0 Å². The maximum Gasteiger partial charge on any atom is 0.305 e. The number of esters is 1. The monoisotopic (exact) mass is 637 g/mol. The van der Waals surface area contributed by atoms with Gasteiger partial charge in [-0.1, -0.05) is 103 Å². The average molecular weight is 638 g/mol. The summed E-state index contributed by atoms with van der Waals surface area (Å²) in [5.74, 6) is -0.155. The lowest BCUT2D eigenvalue weighted by Gasteiger charge is -2.28. The molecular formula is C33H68NO8P. The van der Waals surface area contributed by atoms with Crippen LogP contribution >= 0.6 is 7.82 Å². The van der Waals surface area contributed by atoms with Crippen LogP contribution in [-0.2, 0) is 32.6 Å². The third-order valence-electron chi connectivity index (χ3n) is 7.31. The van der Waals surface area contributed by atoms with Gasteiger partial charge in [-0.25, -0.2) is 0 Å². The molecule has 0 N–H and O–H groups in total. The van der Waals surface area contributed by atoms with Crippen molar-refractivity contribution in [1.82, 2.24) is 0 Å². The fourth-order valence-electron chi connectivity index (χ4n) is 4.60. The summed E-state index contributed by atoms with van der Waals surface area (Å²) in [6.45, 7) is 6.35. The summed E-state index contributed by atoms with van der Waals surface area (Å²) in [5.41, 5.74) is 0.